The SMILES string of the molecule is O=C(NCC1CCN(C(=O)Nc2ccc(F)cc2)CC1)C(=O)Nc1ccccc1C(F)(F)F. The lowest BCUT2D eigenvalue weighted by atomic mass is 9.97. The summed E-state index contributed by atoms with van der Waals surface area (Å²) in [7, 11) is 0. The van der Waals surface area contributed by atoms with Gasteiger partial charge in [-0.15, -0.1) is 0 Å². The third-order valence-electron chi connectivity index (χ3n) is 5.24. The molecule has 4 amide bonds. The average Bonchev–Trinajstić information content (AvgIpc) is 2.79. The van der Waals surface area contributed by atoms with E-state index in [0.717, 1.165) is 12.1 Å². The van der Waals surface area contributed by atoms with Crippen LogP contribution in [0.15, 0.2) is 48.5 Å². The summed E-state index contributed by atoms with van der Waals surface area (Å²) in [6.45, 7) is 0.984. The highest BCUT2D eigenvalue weighted by Crippen LogP contribution is 2.34. The minimum Gasteiger partial charge on any atom is -0.348 e. The van der Waals surface area contributed by atoms with Crippen molar-refractivity contribution < 1.29 is 31.9 Å². The topological polar surface area (TPSA) is 90.5 Å². The van der Waals surface area contributed by atoms with Crippen LogP contribution in [0.3, 0.4) is 0 Å². The van der Waals surface area contributed by atoms with Gasteiger partial charge in [0.25, 0.3) is 0 Å². The summed E-state index contributed by atoms with van der Waals surface area (Å²) < 4.78 is 52.0. The van der Waals surface area contributed by atoms with E-state index in [1.807, 2.05) is 5.32 Å². The van der Waals surface area contributed by atoms with E-state index in [1.165, 1.54) is 36.4 Å². The number of amides is 4. The van der Waals surface area contributed by atoms with Crippen LogP contribution >= 0.6 is 0 Å². The summed E-state index contributed by atoms with van der Waals surface area (Å²) in [5, 5.41) is 7.11. The normalized spacial score (nSPS) is 14.5. The fourth-order valence-electron chi connectivity index (χ4n) is 3.41. The van der Waals surface area contributed by atoms with Crippen LogP contribution in [0, 0.1) is 11.7 Å². The van der Waals surface area contributed by atoms with E-state index in [1.54, 1.807) is 4.90 Å². The molecule has 1 aliphatic rings. The number of carbonyl (C=O) groups is 3. The Morgan fingerprint density at radius 3 is 2.18 bits per heavy atom. The highest BCUT2D eigenvalue weighted by molar-refractivity contribution is 6.39. The van der Waals surface area contributed by atoms with Gasteiger partial charge in [0.2, 0.25) is 0 Å². The van der Waals surface area contributed by atoms with Crippen LogP contribution < -0.4 is 16.0 Å². The second-order valence-corrected chi connectivity index (χ2v) is 7.57. The van der Waals surface area contributed by atoms with Crippen LogP contribution in [0.5, 0.6) is 0 Å². The van der Waals surface area contributed by atoms with Gasteiger partial charge in [0.05, 0.1) is 11.3 Å². The van der Waals surface area contributed by atoms with Gasteiger partial charge in [-0.1, -0.05) is 12.1 Å². The van der Waals surface area contributed by atoms with Crippen molar-refractivity contribution in [3.05, 3.63) is 59.9 Å². The standard InChI is InChI=1S/C22H22F4N4O3/c23-15-5-7-16(8-6-15)28-21(33)30-11-9-14(10-12-30)13-27-19(31)20(32)29-18-4-2-1-3-17(18)22(24,25)26/h1-8,14H,9-13H2,(H,27,31)(H,28,33)(H,29,32). The molecule has 2 aromatic rings. The van der Waals surface area contributed by atoms with Crippen LogP contribution in [0.2, 0.25) is 0 Å². The zero-order chi connectivity index (χ0) is 24.0. The Kier molecular flexibility index (Phi) is 7.52. The molecule has 33 heavy (non-hydrogen) atoms. The maximum Gasteiger partial charge on any atom is 0.418 e. The number of benzene rings is 2. The predicted octanol–water partition coefficient (Wildman–Crippen LogP) is 3.84. The number of hydrogen-bond acceptors (Lipinski definition) is 3. The maximum absolute atomic E-state index is 13.0. The highest BCUT2D eigenvalue weighted by atomic mass is 19.4. The van der Waals surface area contributed by atoms with Gasteiger partial charge in [0.1, 0.15) is 5.82 Å². The van der Waals surface area contributed by atoms with E-state index >= 15 is 0 Å². The van der Waals surface area contributed by atoms with Crippen molar-refractivity contribution in [1.82, 2.24) is 10.2 Å². The van der Waals surface area contributed by atoms with Gasteiger partial charge in [-0.05, 0) is 55.2 Å². The minimum absolute atomic E-state index is 0.000849. The first-order valence-corrected chi connectivity index (χ1v) is 10.2. The first-order valence-electron chi connectivity index (χ1n) is 10.2. The van der Waals surface area contributed by atoms with Gasteiger partial charge in [0.15, 0.2) is 0 Å². The molecule has 0 spiro atoms. The lowest BCUT2D eigenvalue weighted by Crippen LogP contribution is -2.44. The van der Waals surface area contributed by atoms with Crippen LogP contribution in [0.25, 0.3) is 0 Å². The fourth-order valence-corrected chi connectivity index (χ4v) is 3.41. The molecular weight excluding hydrogens is 444 g/mol. The number of nitrogens with one attached hydrogen (secondary N) is 3. The monoisotopic (exact) mass is 466 g/mol. The number of piperidine rings is 1. The molecular formula is C22H22F4N4O3. The molecule has 11 heteroatoms. The summed E-state index contributed by atoms with van der Waals surface area (Å²) >= 11 is 0. The number of anilines is 2. The molecule has 1 fully saturated rings. The number of carbonyl (C=O) groups excluding carboxylic acids is 3. The Hall–Kier alpha value is -3.63. The van der Waals surface area contributed by atoms with E-state index in [2.05, 4.69) is 10.6 Å². The average molecular weight is 466 g/mol. The molecule has 3 rings (SSSR count). The third-order valence-corrected chi connectivity index (χ3v) is 5.24. The summed E-state index contributed by atoms with van der Waals surface area (Å²) in [6.07, 6.45) is -3.54. The highest BCUT2D eigenvalue weighted by Gasteiger charge is 2.34. The minimum atomic E-state index is -4.67. The zero-order valence-electron chi connectivity index (χ0n) is 17.4. The lowest BCUT2D eigenvalue weighted by molar-refractivity contribution is -0.138. The summed E-state index contributed by atoms with van der Waals surface area (Å²) in [5.41, 5.74) is -1.07. The van der Waals surface area contributed by atoms with Crippen molar-refractivity contribution in [3.8, 4) is 0 Å². The Labute approximate surface area is 187 Å². The van der Waals surface area contributed by atoms with Crippen molar-refractivity contribution in [2.75, 3.05) is 30.3 Å². The molecule has 1 aliphatic heterocycles. The van der Waals surface area contributed by atoms with E-state index in [-0.39, 0.29) is 18.5 Å². The number of hydrogen-bond donors (Lipinski definition) is 3. The quantitative estimate of drug-likeness (QED) is 0.472. The van der Waals surface area contributed by atoms with Gasteiger partial charge >= 0.3 is 24.0 Å². The summed E-state index contributed by atoms with van der Waals surface area (Å²) in [4.78, 5) is 38.0. The van der Waals surface area contributed by atoms with Gasteiger partial charge in [-0.25, -0.2) is 9.18 Å². The number of likely N-dealkylation sites (tertiary alicyclic amines) is 1. The number of alkyl halides is 3. The summed E-state index contributed by atoms with van der Waals surface area (Å²) in [5.74, 6) is -2.64. The van der Waals surface area contributed by atoms with Crippen molar-refractivity contribution >= 4 is 29.2 Å². The molecule has 0 aliphatic carbocycles. The Balaban J connectivity index is 1.43. The van der Waals surface area contributed by atoms with Crippen molar-refractivity contribution in [2.24, 2.45) is 5.92 Å². The van der Waals surface area contributed by atoms with Crippen LogP contribution in [0.1, 0.15) is 18.4 Å². The first-order chi connectivity index (χ1) is 15.6. The molecule has 0 atom stereocenters. The van der Waals surface area contributed by atoms with Crippen molar-refractivity contribution in [3.63, 3.8) is 0 Å². The number of nitrogens with zero attached hydrogens (tertiary/aromatic N) is 1. The predicted molar refractivity (Wildman–Crippen MR) is 113 cm³/mol. The smallest absolute Gasteiger partial charge is 0.348 e. The zero-order valence-corrected chi connectivity index (χ0v) is 17.4. The van der Waals surface area contributed by atoms with Crippen molar-refractivity contribution in [2.45, 2.75) is 19.0 Å². The second-order valence-electron chi connectivity index (χ2n) is 7.57. The van der Waals surface area contributed by atoms with E-state index < -0.39 is 35.1 Å². The molecule has 1 saturated heterocycles. The van der Waals surface area contributed by atoms with Crippen LogP contribution in [-0.4, -0.2) is 42.4 Å². The maximum atomic E-state index is 13.0. The molecule has 176 valence electrons. The molecule has 0 aromatic heterocycles. The third kappa shape index (κ3) is 6.67. The molecule has 7 nitrogen and oxygen atoms in total. The number of rotatable bonds is 4. The Bertz CT molecular complexity index is 1000. The van der Waals surface area contributed by atoms with Gasteiger partial charge in [-0.2, -0.15) is 13.2 Å². The van der Waals surface area contributed by atoms with Crippen molar-refractivity contribution in [1.29, 1.82) is 0 Å². The lowest BCUT2D eigenvalue weighted by Gasteiger charge is -2.32. The fraction of sp³-hybridized carbons (Fsp3) is 0.318. The molecule has 0 saturated carbocycles. The van der Waals surface area contributed by atoms with Gasteiger partial charge in [-0.3, -0.25) is 9.59 Å². The molecule has 0 unspecified atom stereocenters. The summed E-state index contributed by atoms with van der Waals surface area (Å²) in [6, 6.07) is 9.44. The van der Waals surface area contributed by atoms with E-state index in [4.69, 9.17) is 0 Å². The Morgan fingerprint density at radius 1 is 0.909 bits per heavy atom. The van der Waals surface area contributed by atoms with Gasteiger partial charge < -0.3 is 20.9 Å². The number of halogens is 4. The van der Waals surface area contributed by atoms with Crippen LogP contribution in [0.4, 0.5) is 33.7 Å². The number of para-hydroxylation sites is 1. The molecule has 0 bridgehead atoms. The van der Waals surface area contributed by atoms with E-state index in [0.29, 0.717) is 31.6 Å². The molecule has 1 heterocycles. The molecule has 0 radical (unpaired) electrons. The molecule has 3 N–H and O–H groups in total. The number of urea groups is 1. The molecule has 2 aromatic carbocycles. The first kappa shape index (κ1) is 24.0. The second kappa shape index (κ2) is 10.3. The van der Waals surface area contributed by atoms with Gasteiger partial charge in [0, 0.05) is 25.3 Å². The van der Waals surface area contributed by atoms with Crippen LogP contribution in [-0.2, 0) is 15.8 Å². The largest absolute Gasteiger partial charge is 0.418 e. The van der Waals surface area contributed by atoms with E-state index in [9.17, 15) is 31.9 Å². The Morgan fingerprint density at radius 2 is 1.55 bits per heavy atom.